The first-order valence-electron chi connectivity index (χ1n) is 7.21. The van der Waals surface area contributed by atoms with Gasteiger partial charge < -0.3 is 10.6 Å². The molecule has 0 unspecified atom stereocenters. The maximum atomic E-state index is 12.4. The highest BCUT2D eigenvalue weighted by Gasteiger charge is 2.57. The Hall–Kier alpha value is -1.84. The summed E-state index contributed by atoms with van der Waals surface area (Å²) < 4.78 is 0. The van der Waals surface area contributed by atoms with E-state index in [1.54, 1.807) is 0 Å². The molecule has 2 aliphatic rings. The van der Waals surface area contributed by atoms with Gasteiger partial charge in [0.15, 0.2) is 0 Å². The van der Waals surface area contributed by atoms with Gasteiger partial charge in [-0.15, -0.1) is 0 Å². The van der Waals surface area contributed by atoms with Gasteiger partial charge in [-0.05, 0) is 51.2 Å². The summed E-state index contributed by atoms with van der Waals surface area (Å²) in [4.78, 5) is 24.6. The average molecular weight is 272 g/mol. The zero-order valence-corrected chi connectivity index (χ0v) is 12.0. The molecule has 4 nitrogen and oxygen atoms in total. The number of hydrogen-bond acceptors (Lipinski definition) is 2. The summed E-state index contributed by atoms with van der Waals surface area (Å²) in [6.07, 6.45) is 3.39. The standard InChI is InChI=1S/C16H20N2O2/c1-10-3-6-13(11(2)9-10)18-15(20)16(7-8-16)14(19)17-12-4-5-12/h3,6,9,12H,4-5,7-8H2,1-2H3,(H,17,19)(H,18,20). The van der Waals surface area contributed by atoms with Crippen molar-refractivity contribution in [2.75, 3.05) is 5.32 Å². The molecule has 3 rings (SSSR count). The predicted octanol–water partition coefficient (Wildman–Crippen LogP) is 2.30. The van der Waals surface area contributed by atoms with Crippen molar-refractivity contribution in [3.8, 4) is 0 Å². The Kier molecular flexibility index (Phi) is 3.04. The number of nitrogens with one attached hydrogen (secondary N) is 2. The van der Waals surface area contributed by atoms with E-state index in [4.69, 9.17) is 0 Å². The Morgan fingerprint density at radius 3 is 2.40 bits per heavy atom. The van der Waals surface area contributed by atoms with E-state index in [0.29, 0.717) is 18.9 Å². The zero-order chi connectivity index (χ0) is 14.3. The number of carbonyl (C=O) groups is 2. The van der Waals surface area contributed by atoms with Crippen LogP contribution in [-0.4, -0.2) is 17.9 Å². The van der Waals surface area contributed by atoms with E-state index in [1.807, 2.05) is 32.0 Å². The van der Waals surface area contributed by atoms with Crippen LogP contribution in [0.25, 0.3) is 0 Å². The summed E-state index contributed by atoms with van der Waals surface area (Å²) in [5.41, 5.74) is 2.16. The number of rotatable bonds is 4. The molecular formula is C16H20N2O2. The molecule has 2 saturated carbocycles. The van der Waals surface area contributed by atoms with Crippen LogP contribution in [0.4, 0.5) is 5.69 Å². The van der Waals surface area contributed by atoms with Crippen LogP contribution in [0.5, 0.6) is 0 Å². The van der Waals surface area contributed by atoms with Gasteiger partial charge in [0.25, 0.3) is 0 Å². The molecule has 0 aliphatic heterocycles. The fraction of sp³-hybridized carbons (Fsp3) is 0.500. The van der Waals surface area contributed by atoms with Crippen molar-refractivity contribution in [3.05, 3.63) is 29.3 Å². The summed E-state index contributed by atoms with van der Waals surface area (Å²) in [7, 11) is 0. The normalized spacial score (nSPS) is 19.3. The first-order chi connectivity index (χ1) is 9.51. The smallest absolute Gasteiger partial charge is 0.240 e. The minimum atomic E-state index is -0.820. The Morgan fingerprint density at radius 1 is 1.15 bits per heavy atom. The molecule has 20 heavy (non-hydrogen) atoms. The van der Waals surface area contributed by atoms with Gasteiger partial charge >= 0.3 is 0 Å². The van der Waals surface area contributed by atoms with Crippen LogP contribution in [0.2, 0.25) is 0 Å². The lowest BCUT2D eigenvalue weighted by molar-refractivity contribution is -0.134. The number of amides is 2. The number of benzene rings is 1. The van der Waals surface area contributed by atoms with E-state index < -0.39 is 5.41 Å². The van der Waals surface area contributed by atoms with Gasteiger partial charge in [-0.2, -0.15) is 0 Å². The minimum absolute atomic E-state index is 0.0951. The Labute approximate surface area is 118 Å². The van der Waals surface area contributed by atoms with E-state index in [9.17, 15) is 9.59 Å². The Morgan fingerprint density at radius 2 is 1.85 bits per heavy atom. The molecule has 0 heterocycles. The van der Waals surface area contributed by atoms with Crippen LogP contribution in [0, 0.1) is 19.3 Å². The highest BCUT2D eigenvalue weighted by molar-refractivity contribution is 6.13. The van der Waals surface area contributed by atoms with E-state index >= 15 is 0 Å². The van der Waals surface area contributed by atoms with Crippen LogP contribution in [-0.2, 0) is 9.59 Å². The summed E-state index contributed by atoms with van der Waals surface area (Å²) in [5.74, 6) is -0.259. The maximum Gasteiger partial charge on any atom is 0.240 e. The molecule has 106 valence electrons. The van der Waals surface area contributed by atoms with Gasteiger partial charge in [0, 0.05) is 11.7 Å². The van der Waals surface area contributed by atoms with E-state index in [-0.39, 0.29) is 11.8 Å². The van der Waals surface area contributed by atoms with Crippen molar-refractivity contribution in [2.24, 2.45) is 5.41 Å². The molecule has 0 aromatic heterocycles. The molecule has 0 atom stereocenters. The van der Waals surface area contributed by atoms with Crippen molar-refractivity contribution in [2.45, 2.75) is 45.6 Å². The second kappa shape index (κ2) is 4.62. The van der Waals surface area contributed by atoms with Gasteiger partial charge in [-0.1, -0.05) is 17.7 Å². The lowest BCUT2D eigenvalue weighted by Gasteiger charge is -2.16. The molecule has 0 spiro atoms. The average Bonchev–Trinajstić information content (AvgIpc) is 3.24. The zero-order valence-electron chi connectivity index (χ0n) is 12.0. The van der Waals surface area contributed by atoms with Crippen molar-refractivity contribution in [1.82, 2.24) is 5.32 Å². The second-order valence-corrected chi connectivity index (χ2v) is 6.10. The summed E-state index contributed by atoms with van der Waals surface area (Å²) in [6, 6.07) is 6.19. The molecular weight excluding hydrogens is 252 g/mol. The molecule has 0 radical (unpaired) electrons. The highest BCUT2D eigenvalue weighted by atomic mass is 16.2. The third kappa shape index (κ3) is 2.42. The van der Waals surface area contributed by atoms with E-state index in [0.717, 1.165) is 29.7 Å². The molecule has 2 N–H and O–H groups in total. The molecule has 1 aromatic carbocycles. The van der Waals surface area contributed by atoms with Gasteiger partial charge in [-0.25, -0.2) is 0 Å². The van der Waals surface area contributed by atoms with Crippen molar-refractivity contribution >= 4 is 17.5 Å². The van der Waals surface area contributed by atoms with Gasteiger partial charge in [0.1, 0.15) is 5.41 Å². The number of aryl methyl sites for hydroxylation is 2. The first-order valence-corrected chi connectivity index (χ1v) is 7.21. The summed E-state index contributed by atoms with van der Waals surface area (Å²) in [6.45, 7) is 3.98. The molecule has 2 amide bonds. The molecule has 0 bridgehead atoms. The number of hydrogen-bond donors (Lipinski definition) is 2. The Balaban J connectivity index is 1.70. The topological polar surface area (TPSA) is 58.2 Å². The summed E-state index contributed by atoms with van der Waals surface area (Å²) >= 11 is 0. The Bertz CT molecular complexity index is 572. The highest BCUT2D eigenvalue weighted by Crippen LogP contribution is 2.47. The third-order valence-electron chi connectivity index (χ3n) is 4.16. The minimum Gasteiger partial charge on any atom is -0.352 e. The number of anilines is 1. The number of carbonyl (C=O) groups excluding carboxylic acids is 2. The fourth-order valence-corrected chi connectivity index (χ4v) is 2.43. The second-order valence-electron chi connectivity index (χ2n) is 6.10. The first kappa shape index (κ1) is 13.2. The van der Waals surface area contributed by atoms with Crippen LogP contribution in [0.3, 0.4) is 0 Å². The fourth-order valence-electron chi connectivity index (χ4n) is 2.43. The predicted molar refractivity (Wildman–Crippen MR) is 77.4 cm³/mol. The molecule has 1 aromatic rings. The van der Waals surface area contributed by atoms with Gasteiger partial charge in [0.2, 0.25) is 11.8 Å². The van der Waals surface area contributed by atoms with E-state index in [2.05, 4.69) is 10.6 Å². The van der Waals surface area contributed by atoms with Crippen LogP contribution >= 0.6 is 0 Å². The lowest BCUT2D eigenvalue weighted by Crippen LogP contribution is -2.40. The van der Waals surface area contributed by atoms with Crippen LogP contribution < -0.4 is 10.6 Å². The largest absolute Gasteiger partial charge is 0.352 e. The molecule has 4 heteroatoms. The lowest BCUT2D eigenvalue weighted by atomic mass is 10.0. The van der Waals surface area contributed by atoms with Crippen molar-refractivity contribution in [1.29, 1.82) is 0 Å². The SMILES string of the molecule is Cc1ccc(NC(=O)C2(C(=O)NC3CC3)CC2)c(C)c1. The maximum absolute atomic E-state index is 12.4. The van der Waals surface area contributed by atoms with Crippen molar-refractivity contribution < 1.29 is 9.59 Å². The van der Waals surface area contributed by atoms with Gasteiger partial charge in [-0.3, -0.25) is 9.59 Å². The molecule has 0 saturated heterocycles. The quantitative estimate of drug-likeness (QED) is 0.826. The monoisotopic (exact) mass is 272 g/mol. The van der Waals surface area contributed by atoms with E-state index in [1.165, 1.54) is 0 Å². The van der Waals surface area contributed by atoms with Crippen LogP contribution in [0.15, 0.2) is 18.2 Å². The molecule has 2 fully saturated rings. The van der Waals surface area contributed by atoms with Crippen molar-refractivity contribution in [3.63, 3.8) is 0 Å². The summed E-state index contributed by atoms with van der Waals surface area (Å²) in [5, 5.41) is 5.86. The van der Waals surface area contributed by atoms with Crippen LogP contribution in [0.1, 0.15) is 36.8 Å². The third-order valence-corrected chi connectivity index (χ3v) is 4.16. The van der Waals surface area contributed by atoms with Gasteiger partial charge in [0.05, 0.1) is 0 Å². The molecule has 2 aliphatic carbocycles.